The number of alkyl halides is 3. The standard InChI is InChI=1S/C29H30B2ClF3N4S2/c1-16-9-20(10-16)39-15-36-24-12-18(11-22(25(24)39)28(33,34)35)14-27(40,41)29(30,31)38-7-5-26(6-8-38)17(2)37-23-4-3-19(32)13-21(23)26/h3-4,11-13,15-16,20,37,40-41H,2,5-10,14H2,1H3. The van der Waals surface area contributed by atoms with Gasteiger partial charge in [0.1, 0.15) is 0 Å². The molecule has 2 fully saturated rings. The van der Waals surface area contributed by atoms with Crippen molar-refractivity contribution in [2.45, 2.75) is 66.1 Å². The van der Waals surface area contributed by atoms with Gasteiger partial charge in [-0.15, -0.1) is 0 Å². The summed E-state index contributed by atoms with van der Waals surface area (Å²) in [7, 11) is 13.5. The Morgan fingerprint density at radius 3 is 2.46 bits per heavy atom. The van der Waals surface area contributed by atoms with Crippen molar-refractivity contribution in [3.05, 3.63) is 70.6 Å². The highest BCUT2D eigenvalue weighted by atomic mass is 35.5. The maximum atomic E-state index is 14.3. The second kappa shape index (κ2) is 9.93. The number of hydrogen-bond acceptors (Lipinski definition) is 5. The van der Waals surface area contributed by atoms with Crippen LogP contribution in [0.2, 0.25) is 5.02 Å². The van der Waals surface area contributed by atoms with E-state index in [1.165, 1.54) is 12.4 Å². The number of imidazole rings is 1. The monoisotopic (exact) mass is 612 g/mol. The Kier molecular flexibility index (Phi) is 7.12. The molecule has 41 heavy (non-hydrogen) atoms. The number of allylic oxidation sites excluding steroid dienone is 1. The maximum Gasteiger partial charge on any atom is 0.418 e. The van der Waals surface area contributed by atoms with Gasteiger partial charge in [0, 0.05) is 27.9 Å². The van der Waals surface area contributed by atoms with Gasteiger partial charge in [-0.25, -0.2) is 4.98 Å². The molecule has 1 aromatic heterocycles. The van der Waals surface area contributed by atoms with E-state index in [-0.39, 0.29) is 28.9 Å². The highest BCUT2D eigenvalue weighted by Crippen LogP contribution is 2.52. The highest BCUT2D eigenvalue weighted by Gasteiger charge is 2.50. The number of thiol groups is 2. The zero-order chi connectivity index (χ0) is 29.5. The van der Waals surface area contributed by atoms with Crippen LogP contribution < -0.4 is 5.32 Å². The third-order valence-corrected chi connectivity index (χ3v) is 10.6. The molecule has 0 bridgehead atoms. The summed E-state index contributed by atoms with van der Waals surface area (Å²) in [6, 6.07) is 8.62. The third kappa shape index (κ3) is 4.83. The lowest BCUT2D eigenvalue weighted by Gasteiger charge is -2.53. The molecular formula is C29H30B2ClF3N4S2. The van der Waals surface area contributed by atoms with Crippen LogP contribution in [0.15, 0.2) is 48.9 Å². The molecule has 1 N–H and O–H groups in total. The lowest BCUT2D eigenvalue weighted by Crippen LogP contribution is -2.64. The van der Waals surface area contributed by atoms with E-state index >= 15 is 0 Å². The van der Waals surface area contributed by atoms with Crippen LogP contribution in [0, 0.1) is 5.92 Å². The molecule has 2 aliphatic heterocycles. The fourth-order valence-corrected chi connectivity index (χ4v) is 7.71. The molecule has 2 aromatic carbocycles. The van der Waals surface area contributed by atoms with Gasteiger partial charge in [-0.3, -0.25) is 0 Å². The van der Waals surface area contributed by atoms with E-state index in [4.69, 9.17) is 52.6 Å². The molecule has 12 heteroatoms. The van der Waals surface area contributed by atoms with E-state index in [0.29, 0.717) is 42.4 Å². The molecular weight excluding hydrogens is 583 g/mol. The Hall–Kier alpha value is -1.68. The summed E-state index contributed by atoms with van der Waals surface area (Å²) in [5, 5.41) is 2.50. The van der Waals surface area contributed by atoms with E-state index in [1.54, 1.807) is 10.6 Å². The smallest absolute Gasteiger partial charge is 0.358 e. The first kappa shape index (κ1) is 29.4. The number of benzene rings is 2. The molecule has 0 amide bonds. The van der Waals surface area contributed by atoms with Crippen molar-refractivity contribution in [1.29, 1.82) is 0 Å². The molecule has 4 nitrogen and oxygen atoms in total. The molecule has 212 valence electrons. The second-order valence-corrected chi connectivity index (χ2v) is 14.4. The molecule has 0 atom stereocenters. The fourth-order valence-electron chi connectivity index (χ4n) is 6.89. The summed E-state index contributed by atoms with van der Waals surface area (Å²) < 4.78 is 43.3. The van der Waals surface area contributed by atoms with Crippen LogP contribution in [0.4, 0.5) is 18.9 Å². The van der Waals surface area contributed by atoms with Gasteiger partial charge in [0.25, 0.3) is 0 Å². The predicted molar refractivity (Wildman–Crippen MR) is 168 cm³/mol. The lowest BCUT2D eigenvalue weighted by atomic mass is 9.56. The summed E-state index contributed by atoms with van der Waals surface area (Å²) in [5.41, 5.74) is 2.73. The average molecular weight is 613 g/mol. The molecule has 3 aromatic rings. The van der Waals surface area contributed by atoms with Crippen molar-refractivity contribution in [3.8, 4) is 0 Å². The largest absolute Gasteiger partial charge is 0.418 e. The summed E-state index contributed by atoms with van der Waals surface area (Å²) in [6.45, 7) is 7.41. The molecule has 3 heterocycles. The molecule has 4 radical (unpaired) electrons. The van der Waals surface area contributed by atoms with Crippen molar-refractivity contribution in [2.24, 2.45) is 5.92 Å². The summed E-state index contributed by atoms with van der Waals surface area (Å²) in [6.07, 6.45) is -0.00891. The topological polar surface area (TPSA) is 33.1 Å². The van der Waals surface area contributed by atoms with E-state index in [9.17, 15) is 13.2 Å². The van der Waals surface area contributed by atoms with Crippen LogP contribution in [0.25, 0.3) is 11.0 Å². The van der Waals surface area contributed by atoms with Gasteiger partial charge in [-0.1, -0.05) is 25.1 Å². The molecule has 1 saturated carbocycles. The Morgan fingerprint density at radius 1 is 1.15 bits per heavy atom. The van der Waals surface area contributed by atoms with Crippen LogP contribution in [0.3, 0.4) is 0 Å². The average Bonchev–Trinajstić information content (AvgIpc) is 3.40. The summed E-state index contributed by atoms with van der Waals surface area (Å²) in [5.74, 6) is 0.488. The molecule has 6 rings (SSSR count). The first-order valence-corrected chi connectivity index (χ1v) is 15.0. The van der Waals surface area contributed by atoms with E-state index in [0.717, 1.165) is 29.8 Å². The number of anilines is 1. The van der Waals surface area contributed by atoms with Crippen LogP contribution in [-0.4, -0.2) is 52.6 Å². The Bertz CT molecular complexity index is 1530. The molecule has 3 aliphatic rings. The van der Waals surface area contributed by atoms with Crippen LogP contribution in [0.5, 0.6) is 0 Å². The Labute approximate surface area is 257 Å². The van der Waals surface area contributed by atoms with E-state index in [1.807, 2.05) is 23.1 Å². The first-order valence-electron chi connectivity index (χ1n) is 13.7. The number of halogens is 4. The van der Waals surface area contributed by atoms with Crippen molar-refractivity contribution >= 4 is 69.3 Å². The zero-order valence-electron chi connectivity index (χ0n) is 22.7. The SMILES string of the molecule is [B]C([B])(N1CCC2(CC1)C(=C)Nc1ccc(Cl)cc12)C(S)(S)Cc1cc(C(F)(F)F)c2c(c1)ncn2C1CC(C)C1. The van der Waals surface area contributed by atoms with Gasteiger partial charge < -0.3 is 14.8 Å². The van der Waals surface area contributed by atoms with Gasteiger partial charge in [0.05, 0.1) is 42.7 Å². The number of nitrogens with one attached hydrogen (secondary N) is 1. The molecule has 0 unspecified atom stereocenters. The fraction of sp³-hybridized carbons (Fsp3) is 0.483. The van der Waals surface area contributed by atoms with Crippen LogP contribution in [0.1, 0.15) is 55.3 Å². The van der Waals surface area contributed by atoms with Gasteiger partial charge in [-0.2, -0.15) is 38.4 Å². The normalized spacial score (nSPS) is 23.0. The number of rotatable bonds is 5. The van der Waals surface area contributed by atoms with E-state index in [2.05, 4.69) is 23.8 Å². The second-order valence-electron chi connectivity index (χ2n) is 12.1. The minimum atomic E-state index is -4.56. The molecule has 1 aliphatic carbocycles. The van der Waals surface area contributed by atoms with Gasteiger partial charge in [0.15, 0.2) is 0 Å². The van der Waals surface area contributed by atoms with Crippen molar-refractivity contribution < 1.29 is 13.2 Å². The van der Waals surface area contributed by atoms with Crippen LogP contribution in [-0.2, 0) is 18.0 Å². The third-order valence-electron chi connectivity index (χ3n) is 9.37. The number of fused-ring (bicyclic) bond motifs is 3. The van der Waals surface area contributed by atoms with Crippen molar-refractivity contribution in [1.82, 2.24) is 14.5 Å². The number of piperidine rings is 1. The Morgan fingerprint density at radius 2 is 1.83 bits per heavy atom. The summed E-state index contributed by atoms with van der Waals surface area (Å²) >= 11 is 15.8. The molecule has 1 spiro atoms. The van der Waals surface area contributed by atoms with Crippen molar-refractivity contribution in [2.75, 3.05) is 18.4 Å². The Balaban J connectivity index is 1.25. The molecule has 1 saturated heterocycles. The van der Waals surface area contributed by atoms with Gasteiger partial charge in [0.2, 0.25) is 0 Å². The van der Waals surface area contributed by atoms with Gasteiger partial charge >= 0.3 is 6.18 Å². The number of hydrogen-bond donors (Lipinski definition) is 3. The minimum Gasteiger partial charge on any atom is -0.358 e. The minimum absolute atomic E-state index is 0.00703. The van der Waals surface area contributed by atoms with E-state index < -0.39 is 21.2 Å². The zero-order valence-corrected chi connectivity index (χ0v) is 25.2. The number of nitrogens with zero attached hydrogens (tertiary/aromatic N) is 3. The quantitative estimate of drug-likeness (QED) is 0.170. The maximum absolute atomic E-state index is 14.3. The lowest BCUT2D eigenvalue weighted by molar-refractivity contribution is -0.136. The summed E-state index contributed by atoms with van der Waals surface area (Å²) in [4.78, 5) is 6.26. The number of aromatic nitrogens is 2. The van der Waals surface area contributed by atoms with Crippen molar-refractivity contribution in [3.63, 3.8) is 0 Å². The van der Waals surface area contributed by atoms with Gasteiger partial charge in [-0.05, 0) is 97.9 Å². The predicted octanol–water partition coefficient (Wildman–Crippen LogP) is 6.74. The highest BCUT2D eigenvalue weighted by molar-refractivity contribution is 8.01. The van der Waals surface area contributed by atoms with Crippen LogP contribution >= 0.6 is 36.9 Å². The number of likely N-dealkylation sites (tertiary alicyclic amines) is 1. The first-order chi connectivity index (χ1) is 19.1.